The van der Waals surface area contributed by atoms with Crippen LogP contribution in [0.3, 0.4) is 0 Å². The van der Waals surface area contributed by atoms with E-state index >= 15 is 0 Å². The van der Waals surface area contributed by atoms with Gasteiger partial charge in [-0.3, -0.25) is 31.0 Å². The summed E-state index contributed by atoms with van der Waals surface area (Å²) in [6.45, 7) is 8.56. The van der Waals surface area contributed by atoms with E-state index in [9.17, 15) is 9.90 Å². The molecule has 42 heavy (non-hydrogen) atoms. The van der Waals surface area contributed by atoms with Crippen LogP contribution in [0.4, 0.5) is 0 Å². The van der Waals surface area contributed by atoms with Gasteiger partial charge in [-0.1, -0.05) is 12.8 Å². The highest BCUT2D eigenvalue weighted by Crippen LogP contribution is 2.37. The van der Waals surface area contributed by atoms with Gasteiger partial charge in [-0.2, -0.15) is 0 Å². The molecule has 4 saturated heterocycles. The fraction of sp³-hybridized carbons (Fsp3) is 0.968. The Bertz CT molecular complexity index is 859. The second kappa shape index (κ2) is 14.9. The highest BCUT2D eigenvalue weighted by molar-refractivity contribution is 5.82. The van der Waals surface area contributed by atoms with Crippen molar-refractivity contribution < 1.29 is 19.4 Å². The Kier molecular flexibility index (Phi) is 11.1. The number of nitrogens with zero attached hydrogens (tertiary/aromatic N) is 2. The molecule has 2 aliphatic carbocycles. The number of ether oxygens (including phenoxy) is 2. The lowest BCUT2D eigenvalue weighted by Gasteiger charge is -2.45. The van der Waals surface area contributed by atoms with Crippen LogP contribution in [0.5, 0.6) is 0 Å². The number of carbonyl (C=O) groups excluding carboxylic acids is 1. The molecule has 6 fully saturated rings. The summed E-state index contributed by atoms with van der Waals surface area (Å²) in [5.41, 5.74) is 0. The summed E-state index contributed by atoms with van der Waals surface area (Å²) in [4.78, 5) is 18.2. The van der Waals surface area contributed by atoms with Gasteiger partial charge in [0.25, 0.3) is 0 Å². The predicted molar refractivity (Wildman–Crippen MR) is 161 cm³/mol. The number of nitrogens with one attached hydrogen (secondary N) is 5. The van der Waals surface area contributed by atoms with Crippen LogP contribution >= 0.6 is 0 Å². The first kappa shape index (κ1) is 31.1. The monoisotopic (exact) mass is 591 g/mol. The van der Waals surface area contributed by atoms with Crippen LogP contribution < -0.4 is 26.6 Å². The molecule has 2 saturated carbocycles. The molecule has 4 aliphatic heterocycles. The number of aliphatic hydroxyl groups is 1. The average Bonchev–Trinajstić information content (AvgIpc) is 3.41. The number of amides is 1. The lowest BCUT2D eigenvalue weighted by molar-refractivity contribution is -0.126. The van der Waals surface area contributed by atoms with E-state index in [1.165, 1.54) is 44.9 Å². The molecule has 0 aromatic rings. The number of carbonyl (C=O) groups is 1. The average molecular weight is 592 g/mol. The molecule has 0 spiro atoms. The van der Waals surface area contributed by atoms with Crippen LogP contribution in [0.2, 0.25) is 0 Å². The minimum atomic E-state index is -0.560. The summed E-state index contributed by atoms with van der Waals surface area (Å²) < 4.78 is 12.0. The van der Waals surface area contributed by atoms with E-state index in [0.717, 1.165) is 45.4 Å². The molecule has 0 radical (unpaired) electrons. The summed E-state index contributed by atoms with van der Waals surface area (Å²) in [5.74, 6) is 1.38. The second-order valence-electron chi connectivity index (χ2n) is 14.0. The van der Waals surface area contributed by atoms with Crippen LogP contribution in [0.25, 0.3) is 0 Å². The van der Waals surface area contributed by atoms with Gasteiger partial charge in [-0.05, 0) is 76.7 Å². The molecule has 8 unspecified atom stereocenters. The van der Waals surface area contributed by atoms with E-state index < -0.39 is 6.10 Å². The van der Waals surface area contributed by atoms with E-state index in [4.69, 9.17) is 9.47 Å². The first-order chi connectivity index (χ1) is 20.5. The highest BCUT2D eigenvalue weighted by atomic mass is 16.5. The van der Waals surface area contributed by atoms with Gasteiger partial charge in [0.1, 0.15) is 6.29 Å². The van der Waals surface area contributed by atoms with Crippen LogP contribution in [0.15, 0.2) is 0 Å². The SMILES string of the molecule is CC1NCOC1COC1CCC2CN(C[C@@H](O)CNC(=O)C3CC(NC4CCC4)NC(N4CCCCC4)N3)CCC2C1. The van der Waals surface area contributed by atoms with Crippen molar-refractivity contribution in [2.75, 3.05) is 52.6 Å². The van der Waals surface area contributed by atoms with E-state index in [2.05, 4.69) is 43.3 Å². The Balaban J connectivity index is 0.914. The molecule has 6 aliphatic rings. The van der Waals surface area contributed by atoms with Crippen LogP contribution in [-0.2, 0) is 14.3 Å². The number of likely N-dealkylation sites (tertiary alicyclic amines) is 2. The third-order valence-corrected chi connectivity index (χ3v) is 10.9. The van der Waals surface area contributed by atoms with Gasteiger partial charge < -0.3 is 24.8 Å². The van der Waals surface area contributed by atoms with Crippen molar-refractivity contribution in [3.05, 3.63) is 0 Å². The molecular weight excluding hydrogens is 534 g/mol. The maximum absolute atomic E-state index is 13.3. The van der Waals surface area contributed by atoms with Gasteiger partial charge in [0.15, 0.2) is 0 Å². The Morgan fingerprint density at radius 3 is 2.64 bits per heavy atom. The Morgan fingerprint density at radius 2 is 1.88 bits per heavy atom. The Morgan fingerprint density at radius 1 is 1.02 bits per heavy atom. The maximum atomic E-state index is 13.3. The van der Waals surface area contributed by atoms with E-state index in [0.29, 0.717) is 62.9 Å². The molecule has 11 heteroatoms. The van der Waals surface area contributed by atoms with Crippen LogP contribution in [-0.4, -0.2) is 122 Å². The fourth-order valence-electron chi connectivity index (χ4n) is 8.00. The molecule has 9 atom stereocenters. The zero-order valence-electron chi connectivity index (χ0n) is 25.8. The van der Waals surface area contributed by atoms with Crippen LogP contribution in [0.1, 0.15) is 77.6 Å². The van der Waals surface area contributed by atoms with E-state index in [1.807, 2.05) is 0 Å². The van der Waals surface area contributed by atoms with Gasteiger partial charge in [0.05, 0.1) is 43.9 Å². The number of hydrogen-bond acceptors (Lipinski definition) is 10. The number of hydrogen-bond donors (Lipinski definition) is 6. The summed E-state index contributed by atoms with van der Waals surface area (Å²) >= 11 is 0. The molecule has 240 valence electrons. The third kappa shape index (κ3) is 8.22. The molecule has 4 heterocycles. The van der Waals surface area contributed by atoms with Gasteiger partial charge in [-0.25, -0.2) is 0 Å². The van der Waals surface area contributed by atoms with Crippen molar-refractivity contribution in [1.29, 1.82) is 0 Å². The van der Waals surface area contributed by atoms with Crippen molar-refractivity contribution in [3.63, 3.8) is 0 Å². The van der Waals surface area contributed by atoms with E-state index in [1.54, 1.807) is 0 Å². The molecular formula is C31H57N7O4. The first-order valence-electron chi connectivity index (χ1n) is 17.2. The van der Waals surface area contributed by atoms with Crippen LogP contribution in [0, 0.1) is 11.8 Å². The molecule has 6 N–H and O–H groups in total. The lowest BCUT2D eigenvalue weighted by atomic mass is 9.74. The molecule has 0 aromatic carbocycles. The Hall–Kier alpha value is -0.890. The van der Waals surface area contributed by atoms with Gasteiger partial charge in [0, 0.05) is 51.2 Å². The zero-order valence-corrected chi connectivity index (χ0v) is 25.8. The number of aliphatic hydroxyl groups excluding tert-OH is 1. The molecule has 0 aromatic heterocycles. The largest absolute Gasteiger partial charge is 0.390 e. The van der Waals surface area contributed by atoms with Gasteiger partial charge >= 0.3 is 0 Å². The standard InChI is InChI=1S/C31H57N7O4/c1-21-28(42-20-33-21)19-41-26-9-8-23-17-37(13-10-22(23)14-26)18-25(39)16-32-30(40)27-15-29(34-24-6-5-7-24)36-31(35-27)38-11-3-2-4-12-38/h21-29,31,33-36,39H,2-20H2,1H3,(H,32,40)/t21?,22?,23?,25-,26?,27?,28?,29?,31?/m0/s1. The third-order valence-electron chi connectivity index (χ3n) is 10.9. The topological polar surface area (TPSA) is 122 Å². The number of rotatable bonds is 11. The Labute approximate surface area is 252 Å². The van der Waals surface area contributed by atoms with Crippen molar-refractivity contribution in [2.24, 2.45) is 11.8 Å². The van der Waals surface area contributed by atoms with Crippen molar-refractivity contribution in [3.8, 4) is 0 Å². The fourth-order valence-corrected chi connectivity index (χ4v) is 8.00. The zero-order chi connectivity index (χ0) is 28.9. The number of β-amino-alcohol motifs (C(OH)–C–C–N with tert-alkyl or cyclic N) is 1. The molecule has 6 rings (SSSR count). The van der Waals surface area contributed by atoms with Gasteiger partial charge in [-0.15, -0.1) is 0 Å². The second-order valence-corrected chi connectivity index (χ2v) is 14.0. The predicted octanol–water partition coefficient (Wildman–Crippen LogP) is 0.494. The quantitative estimate of drug-likeness (QED) is 0.203. The smallest absolute Gasteiger partial charge is 0.237 e. The number of fused-ring (bicyclic) bond motifs is 1. The minimum Gasteiger partial charge on any atom is -0.390 e. The lowest BCUT2D eigenvalue weighted by Crippen LogP contribution is -2.71. The highest BCUT2D eigenvalue weighted by Gasteiger charge is 2.38. The van der Waals surface area contributed by atoms with Crippen molar-refractivity contribution in [2.45, 2.75) is 126 Å². The summed E-state index contributed by atoms with van der Waals surface area (Å²) in [7, 11) is 0. The van der Waals surface area contributed by atoms with E-state index in [-0.39, 0.29) is 30.5 Å². The van der Waals surface area contributed by atoms with Gasteiger partial charge in [0.2, 0.25) is 5.91 Å². The minimum absolute atomic E-state index is 0.00294. The molecule has 0 bridgehead atoms. The molecule has 1 amide bonds. The summed E-state index contributed by atoms with van der Waals surface area (Å²) in [6.07, 6.45) is 12.9. The number of piperidine rings is 2. The van der Waals surface area contributed by atoms with Crippen molar-refractivity contribution in [1.82, 2.24) is 36.4 Å². The van der Waals surface area contributed by atoms with Crippen molar-refractivity contribution >= 4 is 5.91 Å². The summed E-state index contributed by atoms with van der Waals surface area (Å²) in [5, 5.41) is 28.4. The maximum Gasteiger partial charge on any atom is 0.237 e. The summed E-state index contributed by atoms with van der Waals surface area (Å²) in [6, 6.07) is 0.655. The normalized spacial score (nSPS) is 39.4. The first-order valence-corrected chi connectivity index (χ1v) is 17.2. The molecule has 11 nitrogen and oxygen atoms in total.